The largest absolute Gasteiger partial charge is 0.496 e. The first-order valence-corrected chi connectivity index (χ1v) is 7.15. The molecule has 0 aliphatic carbocycles. The van der Waals surface area contributed by atoms with Crippen LogP contribution in [0.5, 0.6) is 5.75 Å². The number of benzene rings is 1. The number of rotatable bonds is 8. The molecule has 1 unspecified atom stereocenters. The van der Waals surface area contributed by atoms with E-state index in [1.165, 1.54) is 19.3 Å². The molecule has 0 bridgehead atoms. The number of allylic oxidation sites excluding steroid dienone is 1. The van der Waals surface area contributed by atoms with Gasteiger partial charge in [0.25, 0.3) is 0 Å². The van der Waals surface area contributed by atoms with Gasteiger partial charge in [-0.05, 0) is 37.0 Å². The fraction of sp³-hybridized carbons (Fsp3) is 0.529. The third-order valence-corrected chi connectivity index (χ3v) is 3.43. The highest BCUT2D eigenvalue weighted by Gasteiger charge is 2.11. The average molecular weight is 262 g/mol. The number of hydrogen-bond acceptors (Lipinski definition) is 2. The second-order valence-corrected chi connectivity index (χ2v) is 4.75. The molecule has 0 N–H and O–H groups in total. The lowest BCUT2D eigenvalue weighted by atomic mass is 9.97. The lowest BCUT2D eigenvalue weighted by Gasteiger charge is -2.15. The molecule has 2 heteroatoms. The summed E-state index contributed by atoms with van der Waals surface area (Å²) < 4.78 is 11.0. The van der Waals surface area contributed by atoms with E-state index in [1.807, 2.05) is 24.3 Å². The third-order valence-electron chi connectivity index (χ3n) is 3.43. The normalized spacial score (nSPS) is 13.2. The van der Waals surface area contributed by atoms with E-state index in [4.69, 9.17) is 9.47 Å². The summed E-state index contributed by atoms with van der Waals surface area (Å²) in [5, 5.41) is 0. The number of unbranched alkanes of at least 4 members (excludes halogenated alkanes) is 1. The fourth-order valence-electron chi connectivity index (χ4n) is 2.20. The van der Waals surface area contributed by atoms with Gasteiger partial charge in [-0.1, -0.05) is 38.8 Å². The van der Waals surface area contributed by atoms with Crippen LogP contribution in [0.25, 0.3) is 5.76 Å². The molecule has 0 aliphatic rings. The third kappa shape index (κ3) is 4.62. The highest BCUT2D eigenvalue weighted by molar-refractivity contribution is 5.65. The second-order valence-electron chi connectivity index (χ2n) is 4.75. The van der Waals surface area contributed by atoms with Gasteiger partial charge >= 0.3 is 0 Å². The molecule has 0 heterocycles. The highest BCUT2D eigenvalue weighted by Crippen LogP contribution is 2.28. The Morgan fingerprint density at radius 3 is 2.53 bits per heavy atom. The molecule has 0 fully saturated rings. The monoisotopic (exact) mass is 262 g/mol. The first-order valence-electron chi connectivity index (χ1n) is 7.15. The quantitative estimate of drug-likeness (QED) is 0.620. The Balaban J connectivity index is 2.97. The Bertz CT molecular complexity index is 396. The minimum absolute atomic E-state index is 0.569. The van der Waals surface area contributed by atoms with Crippen LogP contribution in [0.3, 0.4) is 0 Å². The standard InChI is InChI=1S/C17H26O2/c1-5-7-10-14(6-2)13-17(19-4)15-11-8-9-12-16(15)18-3/h8-9,11-14H,5-7,10H2,1-4H3. The molecule has 19 heavy (non-hydrogen) atoms. The summed E-state index contributed by atoms with van der Waals surface area (Å²) in [5.74, 6) is 2.35. The van der Waals surface area contributed by atoms with E-state index in [9.17, 15) is 0 Å². The molecule has 1 atom stereocenters. The molecule has 2 nitrogen and oxygen atoms in total. The Labute approximate surface area is 117 Å². The molecule has 0 saturated heterocycles. The predicted molar refractivity (Wildman–Crippen MR) is 81.3 cm³/mol. The van der Waals surface area contributed by atoms with E-state index in [-0.39, 0.29) is 0 Å². The van der Waals surface area contributed by atoms with Crippen molar-refractivity contribution < 1.29 is 9.47 Å². The van der Waals surface area contributed by atoms with Crippen molar-refractivity contribution in [3.8, 4) is 5.75 Å². The maximum atomic E-state index is 5.57. The summed E-state index contributed by atoms with van der Waals surface area (Å²) in [6.07, 6.45) is 7.10. The number of ether oxygens (including phenoxy) is 2. The molecular weight excluding hydrogens is 236 g/mol. The van der Waals surface area contributed by atoms with Crippen molar-refractivity contribution in [2.24, 2.45) is 5.92 Å². The van der Waals surface area contributed by atoms with E-state index in [2.05, 4.69) is 19.9 Å². The minimum Gasteiger partial charge on any atom is -0.496 e. The Morgan fingerprint density at radius 1 is 1.21 bits per heavy atom. The molecule has 0 saturated carbocycles. The van der Waals surface area contributed by atoms with Crippen LogP contribution < -0.4 is 4.74 Å². The first-order chi connectivity index (χ1) is 9.26. The molecule has 0 aliphatic heterocycles. The average Bonchev–Trinajstić information content (AvgIpc) is 2.47. The van der Waals surface area contributed by atoms with Crippen molar-refractivity contribution >= 4 is 5.76 Å². The van der Waals surface area contributed by atoms with E-state index in [1.54, 1.807) is 14.2 Å². The number of hydrogen-bond donors (Lipinski definition) is 0. The summed E-state index contributed by atoms with van der Waals surface area (Å²) in [7, 11) is 3.42. The van der Waals surface area contributed by atoms with Gasteiger partial charge in [-0.25, -0.2) is 0 Å². The summed E-state index contributed by atoms with van der Waals surface area (Å²) in [6, 6.07) is 8.00. The fourth-order valence-corrected chi connectivity index (χ4v) is 2.20. The lowest BCUT2D eigenvalue weighted by molar-refractivity contribution is 0.357. The van der Waals surface area contributed by atoms with Crippen LogP contribution in [0.4, 0.5) is 0 Å². The molecule has 0 spiro atoms. The van der Waals surface area contributed by atoms with Crippen LogP contribution in [-0.4, -0.2) is 14.2 Å². The van der Waals surface area contributed by atoms with Crippen molar-refractivity contribution in [3.05, 3.63) is 35.9 Å². The van der Waals surface area contributed by atoms with Crippen LogP contribution in [0.2, 0.25) is 0 Å². The topological polar surface area (TPSA) is 18.5 Å². The van der Waals surface area contributed by atoms with Crippen LogP contribution in [0.15, 0.2) is 30.3 Å². The molecule has 0 radical (unpaired) electrons. The van der Waals surface area contributed by atoms with Crippen molar-refractivity contribution in [1.29, 1.82) is 0 Å². The highest BCUT2D eigenvalue weighted by atomic mass is 16.5. The maximum absolute atomic E-state index is 5.57. The maximum Gasteiger partial charge on any atom is 0.129 e. The predicted octanol–water partition coefficient (Wildman–Crippen LogP) is 4.90. The molecule has 0 amide bonds. The van der Waals surface area contributed by atoms with Gasteiger partial charge in [0.05, 0.1) is 19.8 Å². The molecule has 0 aromatic heterocycles. The van der Waals surface area contributed by atoms with Gasteiger partial charge in [0, 0.05) is 0 Å². The van der Waals surface area contributed by atoms with E-state index >= 15 is 0 Å². The second kappa shape index (κ2) is 8.63. The minimum atomic E-state index is 0.569. The van der Waals surface area contributed by atoms with Gasteiger partial charge in [0.15, 0.2) is 0 Å². The number of methoxy groups -OCH3 is 2. The summed E-state index contributed by atoms with van der Waals surface area (Å²) in [6.45, 7) is 4.46. The summed E-state index contributed by atoms with van der Waals surface area (Å²) in [4.78, 5) is 0. The SMILES string of the molecule is CCCCC(C=C(OC)c1ccccc1OC)CC. The zero-order chi connectivity index (χ0) is 14.1. The summed E-state index contributed by atoms with van der Waals surface area (Å²) >= 11 is 0. The smallest absolute Gasteiger partial charge is 0.129 e. The molecule has 106 valence electrons. The molecule has 1 aromatic carbocycles. The van der Waals surface area contributed by atoms with Gasteiger partial charge in [0.1, 0.15) is 11.5 Å². The van der Waals surface area contributed by atoms with Crippen molar-refractivity contribution in [2.45, 2.75) is 39.5 Å². The van der Waals surface area contributed by atoms with Crippen molar-refractivity contribution in [3.63, 3.8) is 0 Å². The van der Waals surface area contributed by atoms with Gasteiger partial charge in [-0.15, -0.1) is 0 Å². The Hall–Kier alpha value is -1.44. The lowest BCUT2D eigenvalue weighted by Crippen LogP contribution is -1.99. The van der Waals surface area contributed by atoms with Crippen LogP contribution in [-0.2, 0) is 4.74 Å². The van der Waals surface area contributed by atoms with Gasteiger partial charge in [0.2, 0.25) is 0 Å². The van der Waals surface area contributed by atoms with Crippen molar-refractivity contribution in [1.82, 2.24) is 0 Å². The van der Waals surface area contributed by atoms with Crippen LogP contribution >= 0.6 is 0 Å². The van der Waals surface area contributed by atoms with Crippen LogP contribution in [0, 0.1) is 5.92 Å². The first kappa shape index (κ1) is 15.6. The van der Waals surface area contributed by atoms with E-state index in [0.29, 0.717) is 5.92 Å². The van der Waals surface area contributed by atoms with Crippen molar-refractivity contribution in [2.75, 3.05) is 14.2 Å². The van der Waals surface area contributed by atoms with Gasteiger partial charge in [-0.3, -0.25) is 0 Å². The van der Waals surface area contributed by atoms with Gasteiger partial charge in [-0.2, -0.15) is 0 Å². The molecule has 1 rings (SSSR count). The molecule has 1 aromatic rings. The Kier molecular flexibility index (Phi) is 7.09. The number of para-hydroxylation sites is 1. The zero-order valence-electron chi connectivity index (χ0n) is 12.6. The van der Waals surface area contributed by atoms with E-state index < -0.39 is 0 Å². The summed E-state index contributed by atoms with van der Waals surface area (Å²) in [5.41, 5.74) is 1.03. The van der Waals surface area contributed by atoms with Crippen LogP contribution in [0.1, 0.15) is 45.1 Å². The Morgan fingerprint density at radius 2 is 1.95 bits per heavy atom. The zero-order valence-corrected chi connectivity index (χ0v) is 12.6. The molecular formula is C17H26O2. The van der Waals surface area contributed by atoms with E-state index in [0.717, 1.165) is 23.5 Å². The van der Waals surface area contributed by atoms with Gasteiger partial charge < -0.3 is 9.47 Å².